The molecule has 2 N–H and O–H groups in total. The van der Waals surface area contributed by atoms with Crippen LogP contribution in [-0.2, 0) is 0 Å². The van der Waals surface area contributed by atoms with Crippen LogP contribution in [0.2, 0.25) is 0 Å². The number of nitrogens with one attached hydrogen (secondary N) is 2. The Kier molecular flexibility index (Phi) is 3.99. The topological polar surface area (TPSA) is 80.1 Å². The van der Waals surface area contributed by atoms with Crippen LogP contribution in [0.5, 0.6) is 0 Å². The van der Waals surface area contributed by atoms with Crippen molar-refractivity contribution in [3.8, 4) is 0 Å². The molecule has 6 heteroatoms. The van der Waals surface area contributed by atoms with Crippen LogP contribution in [0, 0.1) is 10.1 Å². The summed E-state index contributed by atoms with van der Waals surface area (Å²) in [5.41, 5.74) is 0.000744. The number of aromatic nitrogens is 1. The number of pyridine rings is 1. The summed E-state index contributed by atoms with van der Waals surface area (Å²) in [6.07, 6.45) is 1.53. The lowest BCUT2D eigenvalue weighted by Crippen LogP contribution is -2.29. The van der Waals surface area contributed by atoms with E-state index in [2.05, 4.69) is 15.6 Å². The molecule has 6 nitrogen and oxygen atoms in total. The molecule has 0 aliphatic heterocycles. The zero-order valence-electron chi connectivity index (χ0n) is 8.73. The van der Waals surface area contributed by atoms with Gasteiger partial charge in [-0.25, -0.2) is 4.98 Å². The van der Waals surface area contributed by atoms with E-state index < -0.39 is 4.92 Å². The van der Waals surface area contributed by atoms with Gasteiger partial charge in [0.05, 0.1) is 4.92 Å². The third-order valence-electron chi connectivity index (χ3n) is 2.05. The molecule has 0 saturated carbocycles. The molecule has 0 amide bonds. The first-order chi connectivity index (χ1) is 7.15. The van der Waals surface area contributed by atoms with Gasteiger partial charge in [0.2, 0.25) is 5.82 Å². The molecule has 0 bridgehead atoms. The quantitative estimate of drug-likeness (QED) is 0.560. The molecular weight excluding hydrogens is 196 g/mol. The van der Waals surface area contributed by atoms with Gasteiger partial charge in [0.15, 0.2) is 0 Å². The number of nitrogens with zero attached hydrogens (tertiary/aromatic N) is 2. The van der Waals surface area contributed by atoms with Crippen LogP contribution in [-0.4, -0.2) is 29.5 Å². The molecule has 1 unspecified atom stereocenters. The molecule has 1 rings (SSSR count). The van der Waals surface area contributed by atoms with Gasteiger partial charge in [0.25, 0.3) is 0 Å². The van der Waals surface area contributed by atoms with Gasteiger partial charge in [-0.1, -0.05) is 0 Å². The Morgan fingerprint density at radius 3 is 3.00 bits per heavy atom. The van der Waals surface area contributed by atoms with Crippen molar-refractivity contribution >= 4 is 11.5 Å². The molecule has 1 aromatic rings. The Morgan fingerprint density at radius 1 is 1.67 bits per heavy atom. The van der Waals surface area contributed by atoms with E-state index >= 15 is 0 Å². The maximum absolute atomic E-state index is 10.6. The smallest absolute Gasteiger partial charge is 0.311 e. The molecule has 1 aromatic heterocycles. The average molecular weight is 210 g/mol. The molecule has 1 heterocycles. The molecule has 1 atom stereocenters. The maximum atomic E-state index is 10.6. The number of hydrogen-bond acceptors (Lipinski definition) is 5. The Bertz CT molecular complexity index is 343. The van der Waals surface area contributed by atoms with E-state index in [1.807, 2.05) is 14.0 Å². The number of likely N-dealkylation sites (N-methyl/N-ethyl adjacent to an activating group) is 1. The first kappa shape index (κ1) is 11.4. The molecule has 0 spiro atoms. The minimum Gasteiger partial charge on any atom is -0.363 e. The third kappa shape index (κ3) is 3.17. The molecule has 0 saturated heterocycles. The standard InChI is InChI=1S/C9H14N4O2/c1-7(10-2)6-12-9-8(13(14)15)4-3-5-11-9/h3-5,7,10H,6H2,1-2H3,(H,11,12). The highest BCUT2D eigenvalue weighted by Crippen LogP contribution is 2.19. The van der Waals surface area contributed by atoms with Crippen LogP contribution in [0.15, 0.2) is 18.3 Å². The van der Waals surface area contributed by atoms with Gasteiger partial charge in [-0.3, -0.25) is 10.1 Å². The number of anilines is 1. The van der Waals surface area contributed by atoms with Crippen molar-refractivity contribution in [2.24, 2.45) is 0 Å². The van der Waals surface area contributed by atoms with Gasteiger partial charge in [-0.2, -0.15) is 0 Å². The summed E-state index contributed by atoms with van der Waals surface area (Å²) in [7, 11) is 1.83. The number of nitro groups is 1. The molecule has 0 aromatic carbocycles. The lowest BCUT2D eigenvalue weighted by atomic mass is 10.3. The Hall–Kier alpha value is -1.69. The third-order valence-corrected chi connectivity index (χ3v) is 2.05. The van der Waals surface area contributed by atoms with Crippen LogP contribution in [0.4, 0.5) is 11.5 Å². The summed E-state index contributed by atoms with van der Waals surface area (Å²) >= 11 is 0. The van der Waals surface area contributed by atoms with Gasteiger partial charge in [-0.05, 0) is 20.0 Å². The highest BCUT2D eigenvalue weighted by Gasteiger charge is 2.13. The second-order valence-electron chi connectivity index (χ2n) is 3.20. The normalized spacial score (nSPS) is 12.1. The van der Waals surface area contributed by atoms with E-state index in [9.17, 15) is 10.1 Å². The van der Waals surface area contributed by atoms with Crippen molar-refractivity contribution in [3.05, 3.63) is 28.4 Å². The summed E-state index contributed by atoms with van der Waals surface area (Å²) < 4.78 is 0. The molecule has 0 fully saturated rings. The molecule has 0 radical (unpaired) electrons. The lowest BCUT2D eigenvalue weighted by molar-refractivity contribution is -0.384. The van der Waals surface area contributed by atoms with Gasteiger partial charge >= 0.3 is 5.69 Å². The number of rotatable bonds is 5. The van der Waals surface area contributed by atoms with E-state index in [1.54, 1.807) is 6.07 Å². The van der Waals surface area contributed by atoms with Gasteiger partial charge < -0.3 is 10.6 Å². The average Bonchev–Trinajstić information content (AvgIpc) is 2.26. The minimum atomic E-state index is -0.445. The predicted molar refractivity (Wildman–Crippen MR) is 57.9 cm³/mol. The SMILES string of the molecule is CNC(C)CNc1ncccc1[N+](=O)[O-]. The Balaban J connectivity index is 2.72. The van der Waals surface area contributed by atoms with E-state index in [-0.39, 0.29) is 11.7 Å². The van der Waals surface area contributed by atoms with Crippen LogP contribution < -0.4 is 10.6 Å². The van der Waals surface area contributed by atoms with Gasteiger partial charge in [-0.15, -0.1) is 0 Å². The van der Waals surface area contributed by atoms with E-state index in [0.717, 1.165) is 0 Å². The first-order valence-corrected chi connectivity index (χ1v) is 4.65. The lowest BCUT2D eigenvalue weighted by Gasteiger charge is -2.11. The van der Waals surface area contributed by atoms with Crippen molar-refractivity contribution in [1.82, 2.24) is 10.3 Å². The fraction of sp³-hybridized carbons (Fsp3) is 0.444. The second kappa shape index (κ2) is 5.26. The number of hydrogen-bond donors (Lipinski definition) is 2. The highest BCUT2D eigenvalue weighted by atomic mass is 16.6. The summed E-state index contributed by atoms with van der Waals surface area (Å²) in [5, 5.41) is 16.6. The van der Waals surface area contributed by atoms with Crippen molar-refractivity contribution in [1.29, 1.82) is 0 Å². The predicted octanol–water partition coefficient (Wildman–Crippen LogP) is 1.01. The van der Waals surface area contributed by atoms with Crippen LogP contribution in [0.1, 0.15) is 6.92 Å². The van der Waals surface area contributed by atoms with Crippen LogP contribution >= 0.6 is 0 Å². The van der Waals surface area contributed by atoms with Crippen molar-refractivity contribution in [2.45, 2.75) is 13.0 Å². The molecule has 0 aliphatic carbocycles. The molecule has 15 heavy (non-hydrogen) atoms. The molecule has 0 aliphatic rings. The Labute approximate surface area is 87.9 Å². The molecule has 82 valence electrons. The zero-order valence-corrected chi connectivity index (χ0v) is 8.73. The maximum Gasteiger partial charge on any atom is 0.311 e. The van der Waals surface area contributed by atoms with E-state index in [0.29, 0.717) is 12.4 Å². The summed E-state index contributed by atoms with van der Waals surface area (Å²) in [4.78, 5) is 14.1. The Morgan fingerprint density at radius 2 is 2.40 bits per heavy atom. The first-order valence-electron chi connectivity index (χ1n) is 4.65. The fourth-order valence-electron chi connectivity index (χ4n) is 1.03. The van der Waals surface area contributed by atoms with E-state index in [1.165, 1.54) is 12.3 Å². The van der Waals surface area contributed by atoms with E-state index in [4.69, 9.17) is 0 Å². The molecular formula is C9H14N4O2. The largest absolute Gasteiger partial charge is 0.363 e. The van der Waals surface area contributed by atoms with Crippen LogP contribution in [0.25, 0.3) is 0 Å². The van der Waals surface area contributed by atoms with Crippen LogP contribution in [0.3, 0.4) is 0 Å². The minimum absolute atomic E-state index is 0.000744. The summed E-state index contributed by atoms with van der Waals surface area (Å²) in [6.45, 7) is 2.57. The summed E-state index contributed by atoms with van der Waals surface area (Å²) in [6, 6.07) is 3.20. The zero-order chi connectivity index (χ0) is 11.3. The summed E-state index contributed by atoms with van der Waals surface area (Å²) in [5.74, 6) is 0.310. The highest BCUT2D eigenvalue weighted by molar-refractivity contribution is 5.55. The van der Waals surface area contributed by atoms with Gasteiger partial charge in [0, 0.05) is 24.8 Å². The van der Waals surface area contributed by atoms with Crippen molar-refractivity contribution < 1.29 is 4.92 Å². The van der Waals surface area contributed by atoms with Gasteiger partial charge in [0.1, 0.15) is 0 Å². The van der Waals surface area contributed by atoms with Crippen molar-refractivity contribution in [3.63, 3.8) is 0 Å². The monoisotopic (exact) mass is 210 g/mol. The fourth-order valence-corrected chi connectivity index (χ4v) is 1.03. The van der Waals surface area contributed by atoms with Crippen molar-refractivity contribution in [2.75, 3.05) is 18.9 Å². The second-order valence-corrected chi connectivity index (χ2v) is 3.20.